The summed E-state index contributed by atoms with van der Waals surface area (Å²) < 4.78 is 0. The first-order valence-corrected chi connectivity index (χ1v) is 8.14. The average Bonchev–Trinajstić information content (AvgIpc) is 2.55. The maximum Gasteiger partial charge on any atom is 0.0563 e. The van der Waals surface area contributed by atoms with Gasteiger partial charge in [0.1, 0.15) is 0 Å². The van der Waals surface area contributed by atoms with Crippen LogP contribution in [0.15, 0.2) is 0 Å². The van der Waals surface area contributed by atoms with Gasteiger partial charge in [-0.15, -0.1) is 0 Å². The van der Waals surface area contributed by atoms with Crippen LogP contribution in [0.3, 0.4) is 0 Å². The van der Waals surface area contributed by atoms with Gasteiger partial charge < -0.3 is 5.11 Å². The second-order valence-corrected chi connectivity index (χ2v) is 6.84. The Labute approximate surface area is 172 Å². The summed E-state index contributed by atoms with van der Waals surface area (Å²) in [5.74, 6) is 7.34. The zero-order chi connectivity index (χ0) is 18.0. The third-order valence-corrected chi connectivity index (χ3v) is 3.70. The van der Waals surface area contributed by atoms with Crippen molar-refractivity contribution >= 4 is 0 Å². The Morgan fingerprint density at radius 2 is 0.583 bits per heavy atom. The van der Waals surface area contributed by atoms with E-state index in [2.05, 4.69) is 34.6 Å². The molecule has 0 aromatic rings. The fraction of sp³-hybridized carbons (Fsp3) is 0.409. The van der Waals surface area contributed by atoms with Crippen molar-refractivity contribution < 1.29 is 31.3 Å². The fourth-order valence-corrected chi connectivity index (χ4v) is 1.92. The molecule has 13 radical (unpaired) electrons. The van der Waals surface area contributed by atoms with Gasteiger partial charge in [-0.3, -0.25) is 0 Å². The summed E-state index contributed by atoms with van der Waals surface area (Å²) in [5.41, 5.74) is -0.500. The molecule has 0 spiro atoms. The van der Waals surface area contributed by atoms with E-state index in [0.29, 0.717) is 0 Å². The van der Waals surface area contributed by atoms with Crippen LogP contribution in [0.5, 0.6) is 0 Å². The van der Waals surface area contributed by atoms with E-state index in [1.807, 2.05) is 51.4 Å². The third-order valence-electron chi connectivity index (χ3n) is 3.70. The van der Waals surface area contributed by atoms with Gasteiger partial charge in [0.25, 0.3) is 0 Å². The Hall–Kier alpha value is 0.843. The number of hydrogen-bond donors (Lipinski definition) is 1. The predicted octanol–water partition coefficient (Wildman–Crippen LogP) is 5.38. The Bertz CT molecular complexity index is 209. The Morgan fingerprint density at radius 3 is 0.667 bits per heavy atom. The topological polar surface area (TPSA) is 20.2 Å². The van der Waals surface area contributed by atoms with Crippen molar-refractivity contribution in [3.05, 3.63) is 81.0 Å². The number of aliphatic hydroxyl groups is 1. The van der Waals surface area contributed by atoms with Crippen LogP contribution >= 0.6 is 0 Å². The van der Waals surface area contributed by atoms with Crippen molar-refractivity contribution in [2.24, 2.45) is 0 Å². The minimum atomic E-state index is -0.500. The summed E-state index contributed by atoms with van der Waals surface area (Å²) in [5, 5.41) is 8.52. The fourth-order valence-electron chi connectivity index (χ4n) is 1.92. The number of rotatable bonds is 0. The molecule has 2 aliphatic carbocycles. The molecule has 0 amide bonds. The molecule has 2 rings (SSSR count). The average molecular weight is 405 g/mol. The van der Waals surface area contributed by atoms with Crippen LogP contribution in [0.2, 0.25) is 0 Å². The zero-order valence-electron chi connectivity index (χ0n) is 16.6. The zero-order valence-corrected chi connectivity index (χ0v) is 19.0. The molecule has 0 aromatic carbocycles. The maximum atomic E-state index is 8.52. The molecule has 0 aliphatic heterocycles. The van der Waals surface area contributed by atoms with Gasteiger partial charge >= 0.3 is 0 Å². The summed E-state index contributed by atoms with van der Waals surface area (Å²) in [6.07, 6.45) is 16.0. The molecule has 0 unspecified atom stereocenters. The Kier molecular flexibility index (Phi) is 15.8. The van der Waals surface area contributed by atoms with Gasteiger partial charge in [0.05, 0.1) is 5.60 Å². The maximum absolute atomic E-state index is 8.52. The van der Waals surface area contributed by atoms with E-state index >= 15 is 0 Å². The van der Waals surface area contributed by atoms with Gasteiger partial charge in [0.2, 0.25) is 0 Å². The van der Waals surface area contributed by atoms with E-state index in [0.717, 1.165) is 0 Å². The van der Waals surface area contributed by atoms with Crippen molar-refractivity contribution in [1.29, 1.82) is 0 Å². The summed E-state index contributed by atoms with van der Waals surface area (Å²) in [6, 6.07) is 0. The molecule has 2 saturated carbocycles. The van der Waals surface area contributed by atoms with Gasteiger partial charge in [-0.2, -0.15) is 0 Å². The molecule has 0 aromatic heterocycles. The van der Waals surface area contributed by atoms with Crippen LogP contribution in [0.1, 0.15) is 55.4 Å². The van der Waals surface area contributed by atoms with Gasteiger partial charge in [-0.05, 0) is 102 Å². The minimum Gasteiger partial charge on any atom is -0.391 e. The molecule has 0 bridgehead atoms. The quantitative estimate of drug-likeness (QED) is 0.574. The molecule has 0 atom stereocenters. The van der Waals surface area contributed by atoms with Gasteiger partial charge in [-0.25, -0.2) is 0 Å². The second kappa shape index (κ2) is 14.0. The SMILES string of the molecule is CC(C)(C)O.C[C]1[C](C)[C](C)[C](C)[C]1C.[CH]1[CH][CH][CH][CH][CH][CH][CH]1.[Zr]. The standard InChI is InChI=1S/C10H15.C8H8.C4H10O.Zr/c1-6-7(2)9(4)10(5)8(6)3;1-2-4-6-8-7-5-3-1;1-4(2,3)5;/h1-5H3;1-8H;5H,1-3H3;. The van der Waals surface area contributed by atoms with E-state index in [-0.39, 0.29) is 26.2 Å². The molecule has 2 heteroatoms. The molecular weight excluding hydrogens is 371 g/mol. The summed E-state index contributed by atoms with van der Waals surface area (Å²) in [7, 11) is 0. The molecule has 2 fully saturated rings. The van der Waals surface area contributed by atoms with E-state index in [4.69, 9.17) is 5.11 Å². The van der Waals surface area contributed by atoms with Gasteiger partial charge in [0.15, 0.2) is 0 Å². The van der Waals surface area contributed by atoms with Crippen LogP contribution in [0, 0.1) is 81.0 Å². The minimum absolute atomic E-state index is 0. The van der Waals surface area contributed by atoms with E-state index in [1.54, 1.807) is 20.8 Å². The molecule has 2 aliphatic rings. The van der Waals surface area contributed by atoms with Gasteiger partial charge in [0, 0.05) is 26.2 Å². The Balaban J connectivity index is 0. The summed E-state index contributed by atoms with van der Waals surface area (Å²) in [4.78, 5) is 0. The van der Waals surface area contributed by atoms with Crippen LogP contribution in [-0.2, 0) is 26.2 Å². The molecule has 0 saturated heterocycles. The third kappa shape index (κ3) is 13.1. The normalized spacial score (nSPS) is 22.4. The van der Waals surface area contributed by atoms with Gasteiger partial charge in [-0.1, -0.05) is 34.6 Å². The monoisotopic (exact) mass is 403 g/mol. The summed E-state index contributed by atoms with van der Waals surface area (Å²) in [6.45, 7) is 16.2. The van der Waals surface area contributed by atoms with E-state index in [1.165, 1.54) is 29.6 Å². The first-order valence-electron chi connectivity index (χ1n) is 8.14. The number of hydrogen-bond acceptors (Lipinski definition) is 1. The summed E-state index contributed by atoms with van der Waals surface area (Å²) >= 11 is 0. The van der Waals surface area contributed by atoms with Crippen molar-refractivity contribution in [2.45, 2.75) is 61.0 Å². The predicted molar refractivity (Wildman–Crippen MR) is 101 cm³/mol. The smallest absolute Gasteiger partial charge is 0.0563 e. The molecule has 0 heterocycles. The van der Waals surface area contributed by atoms with Crippen LogP contribution < -0.4 is 0 Å². The van der Waals surface area contributed by atoms with Crippen LogP contribution in [-0.4, -0.2) is 10.7 Å². The Morgan fingerprint density at radius 1 is 0.500 bits per heavy atom. The second-order valence-electron chi connectivity index (χ2n) is 6.84. The van der Waals surface area contributed by atoms with Crippen molar-refractivity contribution in [3.8, 4) is 0 Å². The molecule has 1 nitrogen and oxygen atoms in total. The van der Waals surface area contributed by atoms with Crippen molar-refractivity contribution in [3.63, 3.8) is 0 Å². The molecule has 131 valence electrons. The van der Waals surface area contributed by atoms with Crippen molar-refractivity contribution in [2.75, 3.05) is 0 Å². The van der Waals surface area contributed by atoms with Crippen molar-refractivity contribution in [1.82, 2.24) is 0 Å². The van der Waals surface area contributed by atoms with Crippen LogP contribution in [0.4, 0.5) is 0 Å². The molecular formula is C22H33OZr. The first-order chi connectivity index (χ1) is 10.6. The molecule has 1 N–H and O–H groups in total. The van der Waals surface area contributed by atoms with E-state index in [9.17, 15) is 0 Å². The van der Waals surface area contributed by atoms with Crippen LogP contribution in [0.25, 0.3) is 0 Å². The molecule has 24 heavy (non-hydrogen) atoms. The van der Waals surface area contributed by atoms with E-state index < -0.39 is 5.60 Å². The first kappa shape index (κ1) is 27.1. The largest absolute Gasteiger partial charge is 0.391 e.